The Balaban J connectivity index is 1.83. The number of aryl methyl sites for hydroxylation is 2. The number of furan rings is 1. The largest absolute Gasteiger partial charge is 0.465 e. The summed E-state index contributed by atoms with van der Waals surface area (Å²) >= 11 is 0. The van der Waals surface area contributed by atoms with Crippen molar-refractivity contribution < 1.29 is 8.83 Å². The van der Waals surface area contributed by atoms with Gasteiger partial charge in [-0.05, 0) is 51.7 Å². The summed E-state index contributed by atoms with van der Waals surface area (Å²) < 4.78 is 11.6. The third-order valence-electron chi connectivity index (χ3n) is 4.28. The third kappa shape index (κ3) is 3.63. The van der Waals surface area contributed by atoms with Crippen LogP contribution >= 0.6 is 0 Å². The first-order valence-corrected chi connectivity index (χ1v) is 8.43. The van der Waals surface area contributed by atoms with Gasteiger partial charge in [0.2, 0.25) is 17.5 Å². The van der Waals surface area contributed by atoms with E-state index in [1.807, 2.05) is 64.3 Å². The van der Waals surface area contributed by atoms with E-state index in [0.717, 1.165) is 22.6 Å². The van der Waals surface area contributed by atoms with Crippen LogP contribution in [0.2, 0.25) is 0 Å². The highest BCUT2D eigenvalue weighted by Gasteiger charge is 2.21. The molecule has 3 aromatic rings. The molecule has 2 aromatic heterocycles. The number of nitriles is 1. The molecule has 0 aliphatic heterocycles. The number of anilines is 1. The molecule has 6 nitrogen and oxygen atoms in total. The van der Waals surface area contributed by atoms with Crippen molar-refractivity contribution in [3.8, 4) is 17.5 Å². The highest BCUT2D eigenvalue weighted by molar-refractivity contribution is 5.62. The SMILES string of the molecule is Cc1ccc(C(CNc2oc(-c3ccccc3C)nc2C#N)N(C)C)o1. The van der Waals surface area contributed by atoms with Gasteiger partial charge in [-0.1, -0.05) is 18.2 Å². The summed E-state index contributed by atoms with van der Waals surface area (Å²) in [7, 11) is 3.96. The maximum atomic E-state index is 9.40. The second-order valence-corrected chi connectivity index (χ2v) is 6.43. The average Bonchev–Trinajstić information content (AvgIpc) is 3.21. The van der Waals surface area contributed by atoms with Gasteiger partial charge in [0, 0.05) is 12.1 Å². The molecule has 0 aliphatic carbocycles. The minimum Gasteiger partial charge on any atom is -0.465 e. The number of aromatic nitrogens is 1. The molecule has 0 spiro atoms. The molecule has 0 aliphatic rings. The minimum absolute atomic E-state index is 0.00209. The smallest absolute Gasteiger partial charge is 0.232 e. The maximum Gasteiger partial charge on any atom is 0.232 e. The van der Waals surface area contributed by atoms with Gasteiger partial charge in [0.25, 0.3) is 0 Å². The second-order valence-electron chi connectivity index (χ2n) is 6.43. The van der Waals surface area contributed by atoms with Gasteiger partial charge in [-0.2, -0.15) is 10.2 Å². The molecule has 134 valence electrons. The molecule has 0 radical (unpaired) electrons. The van der Waals surface area contributed by atoms with E-state index < -0.39 is 0 Å². The molecule has 0 bridgehead atoms. The molecule has 2 heterocycles. The van der Waals surface area contributed by atoms with Crippen LogP contribution < -0.4 is 5.32 Å². The van der Waals surface area contributed by atoms with Crippen LogP contribution in [0.15, 0.2) is 45.2 Å². The standard InChI is InChI=1S/C20H22N4O2/c1-13-7-5-6-8-15(13)19-23-16(11-21)20(26-19)22-12-17(24(3)4)18-10-9-14(2)25-18/h5-10,17,22H,12H2,1-4H3. The van der Waals surface area contributed by atoms with Crippen LogP contribution in [0.5, 0.6) is 0 Å². The molecule has 0 fully saturated rings. The van der Waals surface area contributed by atoms with Gasteiger partial charge in [0.1, 0.15) is 17.6 Å². The summed E-state index contributed by atoms with van der Waals surface area (Å²) in [6, 6.07) is 13.8. The number of rotatable bonds is 6. The quantitative estimate of drug-likeness (QED) is 0.720. The zero-order valence-electron chi connectivity index (χ0n) is 15.4. The molecule has 3 rings (SSSR count). The summed E-state index contributed by atoms with van der Waals surface area (Å²) in [6.45, 7) is 4.43. The fraction of sp³-hybridized carbons (Fsp3) is 0.300. The normalized spacial score (nSPS) is 12.2. The van der Waals surface area contributed by atoms with Gasteiger partial charge >= 0.3 is 0 Å². The van der Waals surface area contributed by atoms with E-state index in [1.54, 1.807) is 0 Å². The molecule has 1 aromatic carbocycles. The molecule has 0 saturated carbocycles. The van der Waals surface area contributed by atoms with Gasteiger partial charge in [-0.15, -0.1) is 0 Å². The van der Waals surface area contributed by atoms with Crippen molar-refractivity contribution >= 4 is 5.88 Å². The summed E-state index contributed by atoms with van der Waals surface area (Å²) in [5.41, 5.74) is 2.17. The molecule has 0 amide bonds. The Bertz CT molecular complexity index is 933. The van der Waals surface area contributed by atoms with Crippen LogP contribution in [-0.2, 0) is 0 Å². The van der Waals surface area contributed by atoms with E-state index in [-0.39, 0.29) is 11.7 Å². The van der Waals surface area contributed by atoms with E-state index in [0.29, 0.717) is 18.3 Å². The van der Waals surface area contributed by atoms with Crippen LogP contribution in [0.25, 0.3) is 11.5 Å². The van der Waals surface area contributed by atoms with Crippen LogP contribution in [-0.4, -0.2) is 30.5 Å². The van der Waals surface area contributed by atoms with E-state index in [2.05, 4.69) is 21.3 Å². The fourth-order valence-corrected chi connectivity index (χ4v) is 2.80. The Morgan fingerprint density at radius 2 is 1.92 bits per heavy atom. The van der Waals surface area contributed by atoms with Crippen LogP contribution in [0.3, 0.4) is 0 Å². The zero-order chi connectivity index (χ0) is 18.7. The van der Waals surface area contributed by atoms with Gasteiger partial charge < -0.3 is 14.2 Å². The fourth-order valence-electron chi connectivity index (χ4n) is 2.80. The van der Waals surface area contributed by atoms with Crippen molar-refractivity contribution in [2.24, 2.45) is 0 Å². The zero-order valence-corrected chi connectivity index (χ0v) is 15.4. The summed E-state index contributed by atoms with van der Waals surface area (Å²) in [5, 5.41) is 12.6. The van der Waals surface area contributed by atoms with Gasteiger partial charge in [-0.3, -0.25) is 4.90 Å². The number of nitrogens with one attached hydrogen (secondary N) is 1. The van der Waals surface area contributed by atoms with E-state index >= 15 is 0 Å². The number of hydrogen-bond donors (Lipinski definition) is 1. The number of oxazole rings is 1. The molecule has 1 unspecified atom stereocenters. The Morgan fingerprint density at radius 3 is 2.54 bits per heavy atom. The van der Waals surface area contributed by atoms with E-state index in [1.165, 1.54) is 0 Å². The molecule has 1 N–H and O–H groups in total. The number of likely N-dealkylation sites (N-methyl/N-ethyl adjacent to an activating group) is 1. The first-order valence-electron chi connectivity index (χ1n) is 8.43. The average molecular weight is 350 g/mol. The Hall–Kier alpha value is -3.04. The molecule has 1 atom stereocenters. The van der Waals surface area contributed by atoms with Crippen LogP contribution in [0.1, 0.15) is 28.8 Å². The number of benzene rings is 1. The lowest BCUT2D eigenvalue weighted by Crippen LogP contribution is -2.26. The third-order valence-corrected chi connectivity index (χ3v) is 4.28. The minimum atomic E-state index is 0.00209. The lowest BCUT2D eigenvalue weighted by atomic mass is 10.1. The first kappa shape index (κ1) is 17.8. The van der Waals surface area contributed by atoms with Gasteiger partial charge in [0.15, 0.2) is 0 Å². The monoisotopic (exact) mass is 350 g/mol. The van der Waals surface area contributed by atoms with E-state index in [4.69, 9.17) is 8.83 Å². The van der Waals surface area contributed by atoms with Gasteiger partial charge in [-0.25, -0.2) is 0 Å². The lowest BCUT2D eigenvalue weighted by molar-refractivity contribution is 0.265. The van der Waals surface area contributed by atoms with Crippen molar-refractivity contribution in [1.29, 1.82) is 5.26 Å². The number of hydrogen-bond acceptors (Lipinski definition) is 6. The molecule has 6 heteroatoms. The Labute approximate surface area is 153 Å². The lowest BCUT2D eigenvalue weighted by Gasteiger charge is -2.22. The summed E-state index contributed by atoms with van der Waals surface area (Å²) in [6.07, 6.45) is 0. The van der Waals surface area contributed by atoms with Crippen molar-refractivity contribution in [3.63, 3.8) is 0 Å². The van der Waals surface area contributed by atoms with E-state index in [9.17, 15) is 5.26 Å². The molecular formula is C20H22N4O2. The van der Waals surface area contributed by atoms with Gasteiger partial charge in [0.05, 0.1) is 6.04 Å². The van der Waals surface area contributed by atoms with Crippen molar-refractivity contribution in [3.05, 3.63) is 59.2 Å². The Morgan fingerprint density at radius 1 is 1.15 bits per heavy atom. The second kappa shape index (κ2) is 7.46. The van der Waals surface area contributed by atoms with Crippen molar-refractivity contribution in [1.82, 2.24) is 9.88 Å². The van der Waals surface area contributed by atoms with Crippen molar-refractivity contribution in [2.45, 2.75) is 19.9 Å². The Kier molecular flexibility index (Phi) is 5.10. The summed E-state index contributed by atoms with van der Waals surface area (Å²) in [4.78, 5) is 6.38. The highest BCUT2D eigenvalue weighted by Crippen LogP contribution is 2.28. The summed E-state index contributed by atoms with van der Waals surface area (Å²) in [5.74, 6) is 2.54. The number of nitrogens with zero attached hydrogens (tertiary/aromatic N) is 3. The van der Waals surface area contributed by atoms with Crippen LogP contribution in [0, 0.1) is 25.2 Å². The highest BCUT2D eigenvalue weighted by atomic mass is 16.4. The topological polar surface area (TPSA) is 78.2 Å². The molecule has 26 heavy (non-hydrogen) atoms. The molecular weight excluding hydrogens is 328 g/mol. The van der Waals surface area contributed by atoms with Crippen LogP contribution in [0.4, 0.5) is 5.88 Å². The maximum absolute atomic E-state index is 9.40. The van der Waals surface area contributed by atoms with Crippen molar-refractivity contribution in [2.75, 3.05) is 26.0 Å². The molecule has 0 saturated heterocycles. The predicted molar refractivity (Wildman–Crippen MR) is 99.8 cm³/mol. The first-order chi connectivity index (χ1) is 12.5. The predicted octanol–water partition coefficient (Wildman–Crippen LogP) is 4.14.